The number of nitrogens with one attached hydrogen (secondary N) is 1. The lowest BCUT2D eigenvalue weighted by Gasteiger charge is -2.38. The van der Waals surface area contributed by atoms with Gasteiger partial charge >= 0.3 is 5.97 Å². The van der Waals surface area contributed by atoms with Crippen LogP contribution in [0.4, 0.5) is 0 Å². The number of hydrogen-bond acceptors (Lipinski definition) is 3. The lowest BCUT2D eigenvalue weighted by atomic mass is 10.0. The smallest absolute Gasteiger partial charge is 0.303 e. The van der Waals surface area contributed by atoms with E-state index in [4.69, 9.17) is 5.11 Å². The molecular weight excluding hydrogens is 208 g/mol. The van der Waals surface area contributed by atoms with Crippen molar-refractivity contribution in [2.24, 2.45) is 0 Å². The molecule has 2 unspecified atom stereocenters. The number of hydrogen-bond donors (Lipinski definition) is 2. The summed E-state index contributed by atoms with van der Waals surface area (Å²) in [4.78, 5) is 24.2. The van der Waals surface area contributed by atoms with Crippen LogP contribution in [0.2, 0.25) is 0 Å². The molecule has 1 fully saturated rings. The molecule has 0 bridgehead atoms. The first-order chi connectivity index (χ1) is 7.56. The standard InChI is InChI=1S/C11H20N2O3/c1-3-9-11(16)12-6-7-13(9)8(2)4-5-10(14)15/h8-9H,3-7H2,1-2H3,(H,12,16)(H,14,15). The maximum atomic E-state index is 11.6. The minimum Gasteiger partial charge on any atom is -0.481 e. The fourth-order valence-corrected chi connectivity index (χ4v) is 2.18. The molecule has 1 heterocycles. The second-order valence-corrected chi connectivity index (χ2v) is 4.23. The van der Waals surface area contributed by atoms with Gasteiger partial charge in [0, 0.05) is 25.6 Å². The Hall–Kier alpha value is -1.10. The van der Waals surface area contributed by atoms with Gasteiger partial charge in [0.1, 0.15) is 0 Å². The summed E-state index contributed by atoms with van der Waals surface area (Å²) in [5, 5.41) is 11.5. The maximum Gasteiger partial charge on any atom is 0.303 e. The Morgan fingerprint density at radius 1 is 1.69 bits per heavy atom. The highest BCUT2D eigenvalue weighted by molar-refractivity contribution is 5.82. The van der Waals surface area contributed by atoms with Gasteiger partial charge in [-0.25, -0.2) is 0 Å². The van der Waals surface area contributed by atoms with Crippen LogP contribution in [0.5, 0.6) is 0 Å². The molecule has 5 heteroatoms. The molecule has 1 aliphatic heterocycles. The van der Waals surface area contributed by atoms with Gasteiger partial charge in [-0.1, -0.05) is 6.92 Å². The van der Waals surface area contributed by atoms with Crippen LogP contribution in [0.15, 0.2) is 0 Å². The fourth-order valence-electron chi connectivity index (χ4n) is 2.18. The molecule has 5 nitrogen and oxygen atoms in total. The summed E-state index contributed by atoms with van der Waals surface area (Å²) < 4.78 is 0. The molecule has 1 amide bonds. The zero-order valence-corrected chi connectivity index (χ0v) is 9.90. The molecular formula is C11H20N2O3. The van der Waals surface area contributed by atoms with Crippen molar-refractivity contribution >= 4 is 11.9 Å². The Morgan fingerprint density at radius 2 is 2.38 bits per heavy atom. The van der Waals surface area contributed by atoms with Gasteiger partial charge in [-0.15, -0.1) is 0 Å². The van der Waals surface area contributed by atoms with Crippen LogP contribution in [0.25, 0.3) is 0 Å². The van der Waals surface area contributed by atoms with Crippen molar-refractivity contribution in [3.8, 4) is 0 Å². The minimum absolute atomic E-state index is 0.0657. The molecule has 1 saturated heterocycles. The normalized spacial score (nSPS) is 23.9. The van der Waals surface area contributed by atoms with Crippen LogP contribution in [-0.4, -0.2) is 47.1 Å². The molecule has 0 saturated carbocycles. The molecule has 2 N–H and O–H groups in total. The molecule has 16 heavy (non-hydrogen) atoms. The number of carbonyl (C=O) groups excluding carboxylic acids is 1. The van der Waals surface area contributed by atoms with Gasteiger partial charge in [0.15, 0.2) is 0 Å². The van der Waals surface area contributed by atoms with E-state index in [2.05, 4.69) is 10.2 Å². The largest absolute Gasteiger partial charge is 0.481 e. The number of aliphatic carboxylic acids is 1. The first-order valence-corrected chi connectivity index (χ1v) is 5.81. The Labute approximate surface area is 95.8 Å². The second-order valence-electron chi connectivity index (χ2n) is 4.23. The third-order valence-electron chi connectivity index (χ3n) is 3.10. The molecule has 2 atom stereocenters. The summed E-state index contributed by atoms with van der Waals surface area (Å²) in [6, 6.07) is 0.0460. The summed E-state index contributed by atoms with van der Waals surface area (Å²) in [5.74, 6) is -0.711. The predicted molar refractivity (Wildman–Crippen MR) is 60.1 cm³/mol. The van der Waals surface area contributed by atoms with E-state index >= 15 is 0 Å². The van der Waals surface area contributed by atoms with Crippen molar-refractivity contribution in [2.45, 2.75) is 45.2 Å². The number of carboxylic acids is 1. The third kappa shape index (κ3) is 3.20. The quantitative estimate of drug-likeness (QED) is 0.717. The predicted octanol–water partition coefficient (Wildman–Crippen LogP) is 0.450. The first-order valence-electron chi connectivity index (χ1n) is 5.81. The van der Waals surface area contributed by atoms with Crippen molar-refractivity contribution in [2.75, 3.05) is 13.1 Å². The maximum absolute atomic E-state index is 11.6. The van der Waals surface area contributed by atoms with Crippen molar-refractivity contribution < 1.29 is 14.7 Å². The molecule has 0 radical (unpaired) electrons. The molecule has 0 aromatic heterocycles. The van der Waals surface area contributed by atoms with Crippen molar-refractivity contribution in [3.63, 3.8) is 0 Å². The van der Waals surface area contributed by atoms with E-state index in [1.165, 1.54) is 0 Å². The third-order valence-corrected chi connectivity index (χ3v) is 3.10. The summed E-state index contributed by atoms with van der Waals surface area (Å²) in [5.41, 5.74) is 0. The number of rotatable bonds is 5. The highest BCUT2D eigenvalue weighted by Gasteiger charge is 2.31. The monoisotopic (exact) mass is 228 g/mol. The summed E-state index contributed by atoms with van der Waals surface area (Å²) in [6.45, 7) is 5.44. The highest BCUT2D eigenvalue weighted by atomic mass is 16.4. The van der Waals surface area contributed by atoms with Gasteiger partial charge in [-0.2, -0.15) is 0 Å². The van der Waals surface area contributed by atoms with E-state index in [-0.39, 0.29) is 24.4 Å². The van der Waals surface area contributed by atoms with E-state index < -0.39 is 5.97 Å². The van der Waals surface area contributed by atoms with Gasteiger partial charge < -0.3 is 10.4 Å². The van der Waals surface area contributed by atoms with E-state index in [0.29, 0.717) is 13.0 Å². The van der Waals surface area contributed by atoms with Crippen LogP contribution < -0.4 is 5.32 Å². The molecule has 1 aliphatic rings. The number of carboxylic acid groups (broad SMARTS) is 1. The highest BCUT2D eigenvalue weighted by Crippen LogP contribution is 2.15. The molecule has 0 aliphatic carbocycles. The molecule has 0 aromatic carbocycles. The Bertz CT molecular complexity index is 268. The molecule has 0 spiro atoms. The molecule has 0 aromatic rings. The summed E-state index contributed by atoms with van der Waals surface area (Å²) in [6.07, 6.45) is 1.53. The van der Waals surface area contributed by atoms with Gasteiger partial charge in [0.25, 0.3) is 0 Å². The van der Waals surface area contributed by atoms with Crippen LogP contribution in [-0.2, 0) is 9.59 Å². The van der Waals surface area contributed by atoms with Gasteiger partial charge in [0.2, 0.25) is 5.91 Å². The van der Waals surface area contributed by atoms with Crippen molar-refractivity contribution in [1.29, 1.82) is 0 Å². The number of carbonyl (C=O) groups is 2. The van der Waals surface area contributed by atoms with Crippen molar-refractivity contribution in [3.05, 3.63) is 0 Å². The minimum atomic E-state index is -0.777. The number of piperazine rings is 1. The summed E-state index contributed by atoms with van der Waals surface area (Å²) >= 11 is 0. The topological polar surface area (TPSA) is 69.6 Å². The average molecular weight is 228 g/mol. The van der Waals surface area contributed by atoms with Crippen LogP contribution in [0, 0.1) is 0 Å². The van der Waals surface area contributed by atoms with Crippen LogP contribution in [0.3, 0.4) is 0 Å². The average Bonchev–Trinajstić information content (AvgIpc) is 2.25. The Kier molecular flexibility index (Phi) is 4.73. The Morgan fingerprint density at radius 3 is 2.94 bits per heavy atom. The number of nitrogens with zero attached hydrogens (tertiary/aromatic N) is 1. The molecule has 92 valence electrons. The Balaban J connectivity index is 2.54. The molecule has 1 rings (SSSR count). The van der Waals surface area contributed by atoms with Crippen LogP contribution in [0.1, 0.15) is 33.1 Å². The van der Waals surface area contributed by atoms with Gasteiger partial charge in [0.05, 0.1) is 6.04 Å². The van der Waals surface area contributed by atoms with Gasteiger partial charge in [-0.3, -0.25) is 14.5 Å². The van der Waals surface area contributed by atoms with E-state index in [1.54, 1.807) is 0 Å². The summed E-state index contributed by atoms with van der Waals surface area (Å²) in [7, 11) is 0. The van der Waals surface area contributed by atoms with E-state index in [0.717, 1.165) is 13.0 Å². The zero-order chi connectivity index (χ0) is 12.1. The number of amides is 1. The van der Waals surface area contributed by atoms with Gasteiger partial charge in [-0.05, 0) is 19.8 Å². The van der Waals surface area contributed by atoms with Crippen LogP contribution >= 0.6 is 0 Å². The lowest BCUT2D eigenvalue weighted by molar-refractivity contribution is -0.137. The van der Waals surface area contributed by atoms with Crippen molar-refractivity contribution in [1.82, 2.24) is 10.2 Å². The zero-order valence-electron chi connectivity index (χ0n) is 9.90. The fraction of sp³-hybridized carbons (Fsp3) is 0.818. The van der Waals surface area contributed by atoms with E-state index in [1.807, 2.05) is 13.8 Å². The first kappa shape index (κ1) is 13.0. The second kappa shape index (κ2) is 5.84. The SMILES string of the molecule is CCC1C(=O)NCCN1C(C)CCC(=O)O. The van der Waals surface area contributed by atoms with E-state index in [9.17, 15) is 9.59 Å². The lowest BCUT2D eigenvalue weighted by Crippen LogP contribution is -2.57.